The summed E-state index contributed by atoms with van der Waals surface area (Å²) in [5.74, 6) is 2.23. The third kappa shape index (κ3) is 2.29. The van der Waals surface area contributed by atoms with Crippen LogP contribution >= 0.6 is 28.1 Å². The SMILES string of the molecule is COc1c(Br)ccc(C(=S)c2cnoc2C2CC2)c1C. The number of ether oxygens (including phenoxy) is 1. The van der Waals surface area contributed by atoms with Gasteiger partial charge in [-0.05, 0) is 47.3 Å². The standard InChI is InChI=1S/C15H14BrNO2S/c1-8-10(5-6-12(16)13(8)18-2)15(20)11-7-17-19-14(11)9-3-4-9/h5-7,9H,3-4H2,1-2H3. The third-order valence-corrected chi connectivity index (χ3v) is 4.66. The highest BCUT2D eigenvalue weighted by Crippen LogP contribution is 2.42. The molecule has 20 heavy (non-hydrogen) atoms. The molecule has 1 fully saturated rings. The minimum absolute atomic E-state index is 0.489. The summed E-state index contributed by atoms with van der Waals surface area (Å²) in [4.78, 5) is 0.774. The van der Waals surface area contributed by atoms with E-state index in [-0.39, 0.29) is 0 Å². The summed E-state index contributed by atoms with van der Waals surface area (Å²) in [5, 5.41) is 3.92. The zero-order chi connectivity index (χ0) is 14.3. The summed E-state index contributed by atoms with van der Waals surface area (Å²) >= 11 is 9.13. The highest BCUT2D eigenvalue weighted by atomic mass is 79.9. The quantitative estimate of drug-likeness (QED) is 0.604. The fourth-order valence-electron chi connectivity index (χ4n) is 2.36. The topological polar surface area (TPSA) is 35.3 Å². The number of halogens is 1. The van der Waals surface area contributed by atoms with Crippen molar-refractivity contribution in [2.45, 2.75) is 25.7 Å². The molecule has 1 aromatic carbocycles. The molecule has 1 heterocycles. The highest BCUT2D eigenvalue weighted by molar-refractivity contribution is 9.10. The second-order valence-corrected chi connectivity index (χ2v) is 6.22. The molecule has 0 spiro atoms. The highest BCUT2D eigenvalue weighted by Gasteiger charge is 2.32. The van der Waals surface area contributed by atoms with Crippen molar-refractivity contribution in [2.75, 3.05) is 7.11 Å². The summed E-state index contributed by atoms with van der Waals surface area (Å²) in [6.45, 7) is 2.01. The first kappa shape index (κ1) is 13.8. The van der Waals surface area contributed by atoms with Gasteiger partial charge in [0.1, 0.15) is 11.5 Å². The number of rotatable bonds is 4. The van der Waals surface area contributed by atoms with Crippen molar-refractivity contribution in [3.8, 4) is 5.75 Å². The normalized spacial score (nSPS) is 14.3. The zero-order valence-electron chi connectivity index (χ0n) is 11.3. The van der Waals surface area contributed by atoms with Crippen LogP contribution in [0.3, 0.4) is 0 Å². The number of aromatic nitrogens is 1. The van der Waals surface area contributed by atoms with Gasteiger partial charge in [-0.3, -0.25) is 0 Å². The molecule has 0 bridgehead atoms. The molecule has 0 aliphatic heterocycles. The second kappa shape index (κ2) is 5.30. The van der Waals surface area contributed by atoms with Crippen molar-refractivity contribution < 1.29 is 9.26 Å². The molecule has 5 heteroatoms. The van der Waals surface area contributed by atoms with E-state index in [0.29, 0.717) is 5.92 Å². The van der Waals surface area contributed by atoms with Gasteiger partial charge in [0.25, 0.3) is 0 Å². The Hall–Kier alpha value is -1.20. The summed E-state index contributed by atoms with van der Waals surface area (Å²) in [6.07, 6.45) is 4.05. The van der Waals surface area contributed by atoms with Gasteiger partial charge >= 0.3 is 0 Å². The van der Waals surface area contributed by atoms with Crippen LogP contribution in [0.15, 0.2) is 27.3 Å². The van der Waals surface area contributed by atoms with E-state index in [2.05, 4.69) is 21.1 Å². The largest absolute Gasteiger partial charge is 0.495 e. The molecule has 3 rings (SSSR count). The molecule has 1 aliphatic carbocycles. The smallest absolute Gasteiger partial charge is 0.148 e. The van der Waals surface area contributed by atoms with E-state index in [9.17, 15) is 0 Å². The maximum atomic E-state index is 5.64. The Morgan fingerprint density at radius 2 is 2.15 bits per heavy atom. The predicted molar refractivity (Wildman–Crippen MR) is 84.7 cm³/mol. The van der Waals surface area contributed by atoms with E-state index in [4.69, 9.17) is 21.5 Å². The average molecular weight is 352 g/mol. The molecule has 0 radical (unpaired) electrons. The zero-order valence-corrected chi connectivity index (χ0v) is 13.7. The van der Waals surface area contributed by atoms with Gasteiger partial charge in [-0.25, -0.2) is 0 Å². The molecule has 2 aromatic rings. The van der Waals surface area contributed by atoms with Crippen LogP contribution in [0.5, 0.6) is 5.75 Å². The van der Waals surface area contributed by atoms with Crippen LogP contribution in [-0.4, -0.2) is 17.1 Å². The van der Waals surface area contributed by atoms with Crippen molar-refractivity contribution in [3.63, 3.8) is 0 Å². The molecule has 1 aliphatic rings. The summed E-state index contributed by atoms with van der Waals surface area (Å²) in [5.41, 5.74) is 2.95. The number of hydrogen-bond donors (Lipinski definition) is 0. The number of thiocarbonyl (C=S) groups is 1. The van der Waals surface area contributed by atoms with Gasteiger partial charge in [0.2, 0.25) is 0 Å². The second-order valence-electron chi connectivity index (χ2n) is 4.96. The maximum Gasteiger partial charge on any atom is 0.148 e. The van der Waals surface area contributed by atoms with Gasteiger partial charge in [0.05, 0.1) is 28.2 Å². The number of methoxy groups -OCH3 is 1. The molecule has 0 amide bonds. The van der Waals surface area contributed by atoms with Gasteiger partial charge in [-0.1, -0.05) is 23.4 Å². The third-order valence-electron chi connectivity index (χ3n) is 3.60. The van der Waals surface area contributed by atoms with E-state index >= 15 is 0 Å². The van der Waals surface area contributed by atoms with Gasteiger partial charge in [0.15, 0.2) is 0 Å². The lowest BCUT2D eigenvalue weighted by Crippen LogP contribution is -2.05. The predicted octanol–water partition coefficient (Wildman–Crippen LogP) is 4.40. The van der Waals surface area contributed by atoms with Crippen LogP contribution in [0.4, 0.5) is 0 Å². The van der Waals surface area contributed by atoms with E-state index in [0.717, 1.165) is 50.4 Å². The van der Waals surface area contributed by atoms with Gasteiger partial charge in [-0.2, -0.15) is 0 Å². The average Bonchev–Trinajstić information content (AvgIpc) is 3.16. The minimum atomic E-state index is 0.489. The first-order valence-corrected chi connectivity index (χ1v) is 7.66. The van der Waals surface area contributed by atoms with E-state index in [1.165, 1.54) is 0 Å². The Morgan fingerprint density at radius 1 is 1.40 bits per heavy atom. The van der Waals surface area contributed by atoms with Gasteiger partial charge in [0, 0.05) is 11.5 Å². The molecule has 104 valence electrons. The minimum Gasteiger partial charge on any atom is -0.495 e. The van der Waals surface area contributed by atoms with Crippen molar-refractivity contribution in [2.24, 2.45) is 0 Å². The van der Waals surface area contributed by atoms with Crippen molar-refractivity contribution in [1.82, 2.24) is 5.16 Å². The van der Waals surface area contributed by atoms with Crippen molar-refractivity contribution >= 4 is 33.0 Å². The van der Waals surface area contributed by atoms with Crippen LogP contribution in [0.2, 0.25) is 0 Å². The summed E-state index contributed by atoms with van der Waals surface area (Å²) in [6, 6.07) is 3.96. The molecular formula is C15H14BrNO2S. The van der Waals surface area contributed by atoms with Crippen LogP contribution in [0, 0.1) is 6.92 Å². The Labute approximate surface area is 131 Å². The Balaban J connectivity index is 2.04. The lowest BCUT2D eigenvalue weighted by Gasteiger charge is -2.12. The molecule has 0 saturated heterocycles. The molecule has 0 atom stereocenters. The lowest BCUT2D eigenvalue weighted by atomic mass is 9.99. The van der Waals surface area contributed by atoms with Crippen LogP contribution in [0.25, 0.3) is 0 Å². The number of hydrogen-bond acceptors (Lipinski definition) is 4. The Morgan fingerprint density at radius 3 is 2.80 bits per heavy atom. The van der Waals surface area contributed by atoms with E-state index < -0.39 is 0 Å². The summed E-state index contributed by atoms with van der Waals surface area (Å²) in [7, 11) is 1.66. The van der Waals surface area contributed by atoms with E-state index in [1.807, 2.05) is 19.1 Å². The number of nitrogens with zero attached hydrogens (tertiary/aromatic N) is 1. The lowest BCUT2D eigenvalue weighted by molar-refractivity contribution is 0.384. The molecular weight excluding hydrogens is 338 g/mol. The first-order valence-electron chi connectivity index (χ1n) is 6.45. The van der Waals surface area contributed by atoms with E-state index in [1.54, 1.807) is 13.3 Å². The summed E-state index contributed by atoms with van der Waals surface area (Å²) < 4.78 is 11.7. The molecule has 0 unspecified atom stereocenters. The molecule has 0 N–H and O–H groups in total. The fraction of sp³-hybridized carbons (Fsp3) is 0.333. The van der Waals surface area contributed by atoms with Crippen LogP contribution in [0.1, 0.15) is 41.2 Å². The fourth-order valence-corrected chi connectivity index (χ4v) is 3.33. The van der Waals surface area contributed by atoms with Gasteiger partial charge < -0.3 is 9.26 Å². The molecule has 1 saturated carbocycles. The van der Waals surface area contributed by atoms with Crippen LogP contribution in [-0.2, 0) is 0 Å². The van der Waals surface area contributed by atoms with Crippen molar-refractivity contribution in [1.29, 1.82) is 0 Å². The van der Waals surface area contributed by atoms with Crippen LogP contribution < -0.4 is 4.74 Å². The maximum absolute atomic E-state index is 5.64. The molecule has 3 nitrogen and oxygen atoms in total. The Kier molecular flexibility index (Phi) is 3.65. The van der Waals surface area contributed by atoms with Gasteiger partial charge in [-0.15, -0.1) is 0 Å². The first-order chi connectivity index (χ1) is 9.63. The van der Waals surface area contributed by atoms with Crippen molar-refractivity contribution in [3.05, 3.63) is 45.3 Å². The molecule has 1 aromatic heterocycles. The Bertz CT molecular complexity index is 677. The number of benzene rings is 1. The monoisotopic (exact) mass is 351 g/mol.